The molecule has 1 fully saturated rings. The number of hydrogen-bond donors (Lipinski definition) is 3. The van der Waals surface area contributed by atoms with Gasteiger partial charge < -0.3 is 20.5 Å². The fourth-order valence-electron chi connectivity index (χ4n) is 3.41. The number of aromatic nitrogens is 2. The molecule has 1 aliphatic rings. The van der Waals surface area contributed by atoms with Crippen LogP contribution in [0.4, 0.5) is 5.69 Å². The molecule has 0 atom stereocenters. The van der Waals surface area contributed by atoms with Gasteiger partial charge in [0.1, 0.15) is 5.52 Å². The highest BCUT2D eigenvalue weighted by atomic mass is 16.1. The Morgan fingerprint density at radius 3 is 2.60 bits per heavy atom. The lowest BCUT2D eigenvalue weighted by Gasteiger charge is -2.33. The number of rotatable bonds is 4. The van der Waals surface area contributed by atoms with E-state index in [0.717, 1.165) is 37.1 Å². The molecular weight excluding hydrogens is 316 g/mol. The van der Waals surface area contributed by atoms with Gasteiger partial charge in [-0.15, -0.1) is 0 Å². The third-order valence-corrected chi connectivity index (χ3v) is 4.84. The summed E-state index contributed by atoms with van der Waals surface area (Å²) in [5.74, 6) is 0.161. The van der Waals surface area contributed by atoms with Crippen LogP contribution < -0.4 is 11.1 Å². The van der Waals surface area contributed by atoms with Gasteiger partial charge in [0.2, 0.25) is 0 Å². The zero-order valence-electron chi connectivity index (χ0n) is 15.0. The van der Waals surface area contributed by atoms with Crippen molar-refractivity contribution in [3.63, 3.8) is 0 Å². The molecule has 4 N–H and O–H groups in total. The number of nitrogens with two attached hydrogens (primary N) is 1. The van der Waals surface area contributed by atoms with Gasteiger partial charge in [-0.05, 0) is 45.7 Å². The molecule has 3 rings (SSSR count). The molecule has 1 aromatic carbocycles. The molecule has 1 amide bonds. The van der Waals surface area contributed by atoms with Crippen LogP contribution in [0.5, 0.6) is 0 Å². The minimum absolute atomic E-state index is 0.250. The van der Waals surface area contributed by atoms with E-state index in [0.29, 0.717) is 23.0 Å². The molecule has 0 aliphatic carbocycles. The zero-order valence-corrected chi connectivity index (χ0v) is 15.0. The summed E-state index contributed by atoms with van der Waals surface area (Å²) in [5, 5.41) is 11.3. The minimum atomic E-state index is -0.461. The average molecular weight is 342 g/mol. The molecular formula is C18H26N6O. The smallest absolute Gasteiger partial charge is 0.251 e. The Balaban J connectivity index is 1.88. The summed E-state index contributed by atoms with van der Waals surface area (Å²) >= 11 is 0. The number of carbonyl (C=O) groups is 1. The first-order valence-corrected chi connectivity index (χ1v) is 8.74. The number of fused-ring (bicyclic) bond motifs is 1. The highest BCUT2D eigenvalue weighted by Crippen LogP contribution is 2.27. The normalized spacial score (nSPS) is 15.8. The molecule has 0 saturated carbocycles. The van der Waals surface area contributed by atoms with Crippen LogP contribution >= 0.6 is 0 Å². The van der Waals surface area contributed by atoms with Crippen molar-refractivity contribution in [2.24, 2.45) is 5.73 Å². The van der Waals surface area contributed by atoms with Gasteiger partial charge in [0.25, 0.3) is 5.91 Å². The van der Waals surface area contributed by atoms with Gasteiger partial charge in [0.15, 0.2) is 0 Å². The Kier molecular flexibility index (Phi) is 4.65. The number of primary amides is 1. The molecule has 0 unspecified atom stereocenters. The van der Waals surface area contributed by atoms with E-state index >= 15 is 0 Å². The Labute approximate surface area is 147 Å². The number of imidazole rings is 1. The number of amidine groups is 1. The maximum atomic E-state index is 11.9. The largest absolute Gasteiger partial charge is 0.382 e. The van der Waals surface area contributed by atoms with Crippen molar-refractivity contribution in [3.8, 4) is 0 Å². The summed E-state index contributed by atoms with van der Waals surface area (Å²) < 4.78 is 2.05. The number of anilines is 1. The third-order valence-electron chi connectivity index (χ3n) is 4.84. The summed E-state index contributed by atoms with van der Waals surface area (Å²) in [6.07, 6.45) is 3.68. The van der Waals surface area contributed by atoms with E-state index in [1.807, 2.05) is 17.6 Å². The molecule has 1 aliphatic heterocycles. The molecule has 0 spiro atoms. The first-order chi connectivity index (χ1) is 11.9. The molecule has 134 valence electrons. The van der Waals surface area contributed by atoms with Crippen molar-refractivity contribution in [2.45, 2.75) is 45.7 Å². The number of nitrogens with one attached hydrogen (secondary N) is 2. The molecule has 1 aromatic heterocycles. The van der Waals surface area contributed by atoms with Crippen molar-refractivity contribution in [2.75, 3.05) is 18.4 Å². The average Bonchev–Trinajstić information content (AvgIpc) is 2.98. The lowest BCUT2D eigenvalue weighted by Crippen LogP contribution is -2.41. The molecule has 2 heterocycles. The minimum Gasteiger partial charge on any atom is -0.382 e. The zero-order chi connectivity index (χ0) is 18.1. The monoisotopic (exact) mass is 342 g/mol. The van der Waals surface area contributed by atoms with Crippen LogP contribution in [0.2, 0.25) is 0 Å². The number of hydrogen-bond acceptors (Lipinski definition) is 4. The Bertz CT molecular complexity index is 801. The Morgan fingerprint density at radius 2 is 2.04 bits per heavy atom. The highest BCUT2D eigenvalue weighted by molar-refractivity contribution is 6.05. The predicted molar refractivity (Wildman–Crippen MR) is 100 cm³/mol. The standard InChI is InChI=1S/C18H26N6O/c1-11(2)24-10-21-17-15(18(20)25)8-14(9-16(17)24)22-13-4-6-23(7-5-13)12(3)19/h8-11,13,19,22H,4-7H2,1-3H3,(H2,20,25). The van der Waals surface area contributed by atoms with Crippen LogP contribution in [0.15, 0.2) is 18.5 Å². The van der Waals surface area contributed by atoms with Gasteiger partial charge in [-0.25, -0.2) is 4.98 Å². The van der Waals surface area contributed by atoms with E-state index in [1.54, 1.807) is 12.4 Å². The van der Waals surface area contributed by atoms with Crippen molar-refractivity contribution in [1.29, 1.82) is 5.41 Å². The van der Waals surface area contributed by atoms with E-state index in [9.17, 15) is 4.79 Å². The lowest BCUT2D eigenvalue weighted by molar-refractivity contribution is 0.100. The highest BCUT2D eigenvalue weighted by Gasteiger charge is 2.21. The summed E-state index contributed by atoms with van der Waals surface area (Å²) in [6, 6.07) is 4.42. The second-order valence-corrected chi connectivity index (χ2v) is 6.99. The SMILES string of the molecule is CC(=N)N1CCC(Nc2cc(C(N)=O)c3ncn(C(C)C)c3c2)CC1. The maximum absolute atomic E-state index is 11.9. The van der Waals surface area contributed by atoms with Gasteiger partial charge >= 0.3 is 0 Å². The molecule has 7 nitrogen and oxygen atoms in total. The first-order valence-electron chi connectivity index (χ1n) is 8.74. The molecule has 25 heavy (non-hydrogen) atoms. The van der Waals surface area contributed by atoms with Crippen LogP contribution in [-0.2, 0) is 0 Å². The Hall–Kier alpha value is -2.57. The number of piperidine rings is 1. The summed E-state index contributed by atoms with van der Waals surface area (Å²) in [7, 11) is 0. The molecule has 7 heteroatoms. The van der Waals surface area contributed by atoms with E-state index in [1.165, 1.54) is 0 Å². The van der Waals surface area contributed by atoms with Gasteiger partial charge in [-0.2, -0.15) is 0 Å². The topological polar surface area (TPSA) is 100 Å². The van der Waals surface area contributed by atoms with Crippen LogP contribution in [0.25, 0.3) is 11.0 Å². The summed E-state index contributed by atoms with van der Waals surface area (Å²) in [5.41, 5.74) is 8.49. The number of nitrogens with zero attached hydrogens (tertiary/aromatic N) is 3. The molecule has 0 radical (unpaired) electrons. The van der Waals surface area contributed by atoms with Gasteiger partial charge in [0.05, 0.1) is 23.2 Å². The van der Waals surface area contributed by atoms with Crippen LogP contribution in [0.3, 0.4) is 0 Å². The van der Waals surface area contributed by atoms with Crippen molar-refractivity contribution in [3.05, 3.63) is 24.0 Å². The quantitative estimate of drug-likeness (QED) is 0.587. The van der Waals surface area contributed by atoms with E-state index in [2.05, 4.69) is 29.0 Å². The number of benzene rings is 1. The molecule has 2 aromatic rings. The fraction of sp³-hybridized carbons (Fsp3) is 0.500. The molecule has 1 saturated heterocycles. The van der Waals surface area contributed by atoms with Crippen LogP contribution in [0, 0.1) is 5.41 Å². The van der Waals surface area contributed by atoms with Gasteiger partial charge in [-0.3, -0.25) is 10.2 Å². The number of carbonyl (C=O) groups excluding carboxylic acids is 1. The third kappa shape index (κ3) is 3.45. The molecule has 0 bridgehead atoms. The van der Waals surface area contributed by atoms with Crippen molar-refractivity contribution >= 4 is 28.5 Å². The number of amides is 1. The summed E-state index contributed by atoms with van der Waals surface area (Å²) in [6.45, 7) is 7.75. The first kappa shape index (κ1) is 17.3. The Morgan fingerprint density at radius 1 is 1.36 bits per heavy atom. The number of likely N-dealkylation sites (tertiary alicyclic amines) is 1. The maximum Gasteiger partial charge on any atom is 0.251 e. The van der Waals surface area contributed by atoms with Gasteiger partial charge in [0, 0.05) is 30.9 Å². The van der Waals surface area contributed by atoms with E-state index in [-0.39, 0.29) is 6.04 Å². The van der Waals surface area contributed by atoms with E-state index < -0.39 is 5.91 Å². The fourth-order valence-corrected chi connectivity index (χ4v) is 3.41. The van der Waals surface area contributed by atoms with Gasteiger partial charge in [-0.1, -0.05) is 0 Å². The van der Waals surface area contributed by atoms with Crippen LogP contribution in [0.1, 0.15) is 50.0 Å². The lowest BCUT2D eigenvalue weighted by atomic mass is 10.0. The van der Waals surface area contributed by atoms with Crippen molar-refractivity contribution < 1.29 is 4.79 Å². The van der Waals surface area contributed by atoms with Crippen LogP contribution in [-0.4, -0.2) is 45.3 Å². The predicted octanol–water partition coefficient (Wildman–Crippen LogP) is 2.59. The summed E-state index contributed by atoms with van der Waals surface area (Å²) in [4.78, 5) is 18.3. The second kappa shape index (κ2) is 6.74. The van der Waals surface area contributed by atoms with Crippen molar-refractivity contribution in [1.82, 2.24) is 14.5 Å². The van der Waals surface area contributed by atoms with E-state index in [4.69, 9.17) is 11.1 Å². The second-order valence-electron chi connectivity index (χ2n) is 6.99.